The van der Waals surface area contributed by atoms with Gasteiger partial charge in [0, 0.05) is 53.1 Å². The monoisotopic (exact) mass is 646 g/mol. The van der Waals surface area contributed by atoms with Crippen LogP contribution in [-0.2, 0) is 14.1 Å². The maximum atomic E-state index is 4.81. The van der Waals surface area contributed by atoms with Crippen LogP contribution in [0.15, 0.2) is 0 Å². The number of aryl methyl sites for hydroxylation is 14. The topological polar surface area (TPSA) is 111 Å². The van der Waals surface area contributed by atoms with Crippen LogP contribution in [0.2, 0.25) is 0 Å². The number of aromatic nitrogens is 8. The lowest BCUT2D eigenvalue weighted by Crippen LogP contribution is -2.06. The number of pyridine rings is 2. The minimum atomic E-state index is 0.773. The van der Waals surface area contributed by atoms with Crippen LogP contribution in [0.25, 0.3) is 21.8 Å². The lowest BCUT2D eigenvalue weighted by molar-refractivity contribution is 0.902. The Balaban J connectivity index is 0.000000188. The zero-order valence-electron chi connectivity index (χ0n) is 31.6. The predicted octanol–water partition coefficient (Wildman–Crippen LogP) is 8.53. The molecule has 0 saturated heterocycles. The number of hydrogen-bond donors (Lipinski definition) is 2. The van der Waals surface area contributed by atoms with E-state index >= 15 is 0 Å². The summed E-state index contributed by atoms with van der Waals surface area (Å²) in [6, 6.07) is 0. The molecule has 0 unspecified atom stereocenters. The van der Waals surface area contributed by atoms with Crippen molar-refractivity contribution in [3.8, 4) is 0 Å². The first-order valence-corrected chi connectivity index (χ1v) is 16.5. The molecule has 0 bridgehead atoms. The molecule has 0 fully saturated rings. The number of nitrogens with zero attached hydrogens (tertiary/aromatic N) is 8. The predicted molar refractivity (Wildman–Crippen MR) is 198 cm³/mol. The van der Waals surface area contributed by atoms with E-state index < -0.39 is 0 Å². The van der Waals surface area contributed by atoms with Crippen molar-refractivity contribution in [3.05, 3.63) is 79.2 Å². The van der Waals surface area contributed by atoms with Gasteiger partial charge in [-0.3, -0.25) is 9.97 Å². The molecule has 0 aliphatic heterocycles. The Bertz CT molecular complexity index is 2090. The lowest BCUT2D eigenvalue weighted by Gasteiger charge is -2.14. The van der Waals surface area contributed by atoms with Gasteiger partial charge in [-0.2, -0.15) is 0 Å². The first kappa shape index (κ1) is 34.5. The van der Waals surface area contributed by atoms with E-state index in [9.17, 15) is 0 Å². The Morgan fingerprint density at radius 2 is 0.708 bits per heavy atom. The van der Waals surface area contributed by atoms with Crippen molar-refractivity contribution in [3.63, 3.8) is 0 Å². The minimum absolute atomic E-state index is 0.773. The molecule has 0 saturated carbocycles. The van der Waals surface area contributed by atoms with Gasteiger partial charge in [-0.15, -0.1) is 0 Å². The molecule has 0 aliphatic rings. The van der Waals surface area contributed by atoms with Gasteiger partial charge in [0.1, 0.15) is 11.6 Å². The van der Waals surface area contributed by atoms with Crippen LogP contribution in [0, 0.1) is 96.9 Å². The van der Waals surface area contributed by atoms with Gasteiger partial charge in [-0.1, -0.05) is 0 Å². The Labute approximate surface area is 284 Å². The molecule has 0 aromatic carbocycles. The molecule has 252 valence electrons. The summed E-state index contributed by atoms with van der Waals surface area (Å²) >= 11 is 0. The normalized spacial score (nSPS) is 11.3. The van der Waals surface area contributed by atoms with E-state index in [2.05, 4.69) is 109 Å². The third-order valence-electron chi connectivity index (χ3n) is 10.1. The average Bonchev–Trinajstić information content (AvgIpc) is 3.39. The third-order valence-corrected chi connectivity index (χ3v) is 10.1. The van der Waals surface area contributed by atoms with Crippen molar-refractivity contribution in [1.82, 2.24) is 39.0 Å². The Morgan fingerprint density at radius 1 is 0.333 bits per heavy atom. The van der Waals surface area contributed by atoms with Crippen molar-refractivity contribution in [2.45, 2.75) is 96.9 Å². The van der Waals surface area contributed by atoms with Gasteiger partial charge >= 0.3 is 0 Å². The highest BCUT2D eigenvalue weighted by atomic mass is 15.1. The molecule has 10 heteroatoms. The van der Waals surface area contributed by atoms with Gasteiger partial charge in [0.25, 0.3) is 0 Å². The summed E-state index contributed by atoms with van der Waals surface area (Å²) in [7, 11) is 4.22. The second kappa shape index (κ2) is 12.6. The van der Waals surface area contributed by atoms with Crippen LogP contribution in [-0.4, -0.2) is 39.0 Å². The summed E-state index contributed by atoms with van der Waals surface area (Å²) in [5, 5.41) is 9.33. The molecule has 0 aliphatic carbocycles. The summed E-state index contributed by atoms with van der Waals surface area (Å²) in [6.07, 6.45) is 0. The highest BCUT2D eigenvalue weighted by Gasteiger charge is 2.19. The van der Waals surface area contributed by atoms with Crippen molar-refractivity contribution < 1.29 is 0 Å². The standard InChI is InChI=1S/2C19H25N5/c1-9-15(7)24(8)17-10(2)18(22-13(5)16(9)17)23-19-14(6)20-11(3)12(4)21-19;1-9-15(7)24(8)17-13(5)22-18(10(2)16(9)17)23-19-14(6)20-11(3)12(4)21-19/h2*1-8H3,(H,21,22,23). The van der Waals surface area contributed by atoms with Crippen LogP contribution >= 0.6 is 0 Å². The molecule has 6 rings (SSSR count). The molecule has 10 nitrogen and oxygen atoms in total. The van der Waals surface area contributed by atoms with Crippen molar-refractivity contribution >= 4 is 45.1 Å². The molecule has 2 N–H and O–H groups in total. The summed E-state index contributed by atoms with van der Waals surface area (Å²) < 4.78 is 4.48. The first-order valence-electron chi connectivity index (χ1n) is 16.5. The van der Waals surface area contributed by atoms with E-state index in [1.807, 2.05) is 41.5 Å². The second-order valence-corrected chi connectivity index (χ2v) is 13.2. The first-order chi connectivity index (χ1) is 22.4. The SMILES string of the molecule is Cc1nc(C)c(Nc2nc(C)c3c(C)c(C)n(C)c3c2C)nc1C.Cc1nc(C)c(Nc2nc(C)c3c(c2C)c(C)c(C)n3C)nc1C. The van der Waals surface area contributed by atoms with Gasteiger partial charge in [0.05, 0.1) is 50.9 Å². The zero-order chi connectivity index (χ0) is 35.5. The van der Waals surface area contributed by atoms with Gasteiger partial charge < -0.3 is 19.8 Å². The minimum Gasteiger partial charge on any atom is -0.347 e. The highest BCUT2D eigenvalue weighted by Crippen LogP contribution is 2.35. The molecular weight excluding hydrogens is 596 g/mol. The zero-order valence-corrected chi connectivity index (χ0v) is 31.6. The second-order valence-electron chi connectivity index (χ2n) is 13.2. The summed E-state index contributed by atoms with van der Waals surface area (Å²) in [5.74, 6) is 3.25. The summed E-state index contributed by atoms with van der Waals surface area (Å²) in [5.41, 5.74) is 17.5. The maximum absolute atomic E-state index is 4.81. The molecule has 0 atom stereocenters. The fraction of sp³-hybridized carbons (Fsp3) is 0.421. The lowest BCUT2D eigenvalue weighted by atomic mass is 10.1. The van der Waals surface area contributed by atoms with E-state index in [0.29, 0.717) is 0 Å². The molecule has 0 amide bonds. The fourth-order valence-electron chi connectivity index (χ4n) is 6.63. The number of anilines is 4. The van der Waals surface area contributed by atoms with E-state index in [0.717, 1.165) is 79.9 Å². The van der Waals surface area contributed by atoms with Crippen molar-refractivity contribution in [1.29, 1.82) is 0 Å². The smallest absolute Gasteiger partial charge is 0.153 e. The molecule has 6 heterocycles. The van der Waals surface area contributed by atoms with Crippen molar-refractivity contribution in [2.24, 2.45) is 14.1 Å². The Morgan fingerprint density at radius 3 is 1.21 bits per heavy atom. The molecule has 6 aromatic heterocycles. The quantitative estimate of drug-likeness (QED) is 0.196. The fourth-order valence-corrected chi connectivity index (χ4v) is 6.63. The summed E-state index contributed by atoms with van der Waals surface area (Å²) in [6.45, 7) is 28.9. The molecule has 0 spiro atoms. The number of nitrogens with one attached hydrogen (secondary N) is 2. The van der Waals surface area contributed by atoms with E-state index in [1.54, 1.807) is 0 Å². The molecule has 0 radical (unpaired) electrons. The number of fused-ring (bicyclic) bond motifs is 2. The van der Waals surface area contributed by atoms with Crippen LogP contribution in [0.5, 0.6) is 0 Å². The number of rotatable bonds is 4. The van der Waals surface area contributed by atoms with Gasteiger partial charge in [0.15, 0.2) is 11.6 Å². The number of hydrogen-bond acceptors (Lipinski definition) is 8. The Kier molecular flexibility index (Phi) is 9.07. The molecule has 48 heavy (non-hydrogen) atoms. The summed E-state index contributed by atoms with van der Waals surface area (Å²) in [4.78, 5) is 28.0. The van der Waals surface area contributed by atoms with E-state index in [-0.39, 0.29) is 0 Å². The third kappa shape index (κ3) is 5.77. The van der Waals surface area contributed by atoms with Crippen molar-refractivity contribution in [2.75, 3.05) is 10.6 Å². The van der Waals surface area contributed by atoms with Crippen LogP contribution in [0.1, 0.15) is 79.2 Å². The Hall–Kier alpha value is -4.86. The van der Waals surface area contributed by atoms with Crippen LogP contribution in [0.3, 0.4) is 0 Å². The van der Waals surface area contributed by atoms with E-state index in [4.69, 9.17) is 9.97 Å². The van der Waals surface area contributed by atoms with Crippen LogP contribution < -0.4 is 10.6 Å². The highest BCUT2D eigenvalue weighted by molar-refractivity contribution is 5.94. The average molecular weight is 647 g/mol. The van der Waals surface area contributed by atoms with E-state index in [1.165, 1.54) is 44.3 Å². The maximum Gasteiger partial charge on any atom is 0.153 e. The van der Waals surface area contributed by atoms with Crippen LogP contribution in [0.4, 0.5) is 23.3 Å². The molecular formula is C38H50N10. The largest absolute Gasteiger partial charge is 0.347 e. The van der Waals surface area contributed by atoms with Gasteiger partial charge in [-0.25, -0.2) is 19.9 Å². The van der Waals surface area contributed by atoms with Gasteiger partial charge in [0.2, 0.25) is 0 Å². The van der Waals surface area contributed by atoms with Gasteiger partial charge in [-0.05, 0) is 108 Å². The molecule has 6 aromatic rings.